The van der Waals surface area contributed by atoms with Crippen LogP contribution in [0.1, 0.15) is 71.6 Å². The highest BCUT2D eigenvalue weighted by molar-refractivity contribution is 5.76. The summed E-state index contributed by atoms with van der Waals surface area (Å²) < 4.78 is 0. The van der Waals surface area contributed by atoms with E-state index in [1.165, 1.54) is 38.5 Å². The summed E-state index contributed by atoms with van der Waals surface area (Å²) in [5, 5.41) is 9.35. The van der Waals surface area contributed by atoms with Gasteiger partial charge in [-0.1, -0.05) is 52.4 Å². The lowest BCUT2D eigenvalue weighted by atomic mass is 10.0. The Morgan fingerprint density at radius 3 is 2.42 bits per heavy atom. The highest BCUT2D eigenvalue weighted by Crippen LogP contribution is 2.24. The molecule has 112 valence electrons. The average Bonchev–Trinajstić information content (AvgIpc) is 2.78. The number of hydrogen-bond donors (Lipinski definition) is 1. The molecule has 1 N–H and O–H groups in total. The summed E-state index contributed by atoms with van der Waals surface area (Å²) in [5.74, 6) is 0.694. The summed E-state index contributed by atoms with van der Waals surface area (Å²) in [6.45, 7) is 5.31. The van der Waals surface area contributed by atoms with Gasteiger partial charge in [-0.15, -0.1) is 0 Å². The van der Waals surface area contributed by atoms with Crippen LogP contribution in [-0.4, -0.2) is 35.1 Å². The summed E-state index contributed by atoms with van der Waals surface area (Å²) in [7, 11) is 0. The predicted molar refractivity (Wildman–Crippen MR) is 79.0 cm³/mol. The number of rotatable bonds is 9. The molecule has 0 aromatic heterocycles. The molecule has 1 amide bonds. The van der Waals surface area contributed by atoms with Crippen LogP contribution in [0.25, 0.3) is 0 Å². The van der Waals surface area contributed by atoms with Gasteiger partial charge in [0.15, 0.2) is 0 Å². The van der Waals surface area contributed by atoms with Gasteiger partial charge in [-0.05, 0) is 18.8 Å². The molecule has 1 aliphatic heterocycles. The minimum atomic E-state index is 0.0667. The Kier molecular flexibility index (Phi) is 8.11. The summed E-state index contributed by atoms with van der Waals surface area (Å²) in [6.07, 6.45) is 10.4. The Labute approximate surface area is 118 Å². The van der Waals surface area contributed by atoms with Crippen molar-refractivity contribution in [3.8, 4) is 0 Å². The van der Waals surface area contributed by atoms with Gasteiger partial charge in [0, 0.05) is 13.0 Å². The van der Waals surface area contributed by atoms with E-state index in [0.717, 1.165) is 19.4 Å². The maximum absolute atomic E-state index is 12.1. The van der Waals surface area contributed by atoms with E-state index in [0.29, 0.717) is 12.3 Å². The van der Waals surface area contributed by atoms with Gasteiger partial charge in [0.05, 0.1) is 12.6 Å². The fraction of sp³-hybridized carbons (Fsp3) is 0.938. The van der Waals surface area contributed by atoms with Gasteiger partial charge < -0.3 is 10.0 Å². The number of carbonyl (C=O) groups excluding carboxylic acids is 1. The van der Waals surface area contributed by atoms with Crippen LogP contribution in [0.4, 0.5) is 0 Å². The predicted octanol–water partition coefficient (Wildman–Crippen LogP) is 3.36. The summed E-state index contributed by atoms with van der Waals surface area (Å²) >= 11 is 0. The molecular weight excluding hydrogens is 238 g/mol. The van der Waals surface area contributed by atoms with Crippen LogP contribution in [0.15, 0.2) is 0 Å². The molecule has 1 heterocycles. The second-order valence-electron chi connectivity index (χ2n) is 5.97. The van der Waals surface area contributed by atoms with Crippen molar-refractivity contribution in [1.29, 1.82) is 0 Å². The van der Waals surface area contributed by atoms with Gasteiger partial charge in [-0.25, -0.2) is 0 Å². The highest BCUT2D eigenvalue weighted by atomic mass is 16.3. The Balaban J connectivity index is 2.11. The van der Waals surface area contributed by atoms with E-state index < -0.39 is 0 Å². The third kappa shape index (κ3) is 5.52. The van der Waals surface area contributed by atoms with Crippen LogP contribution in [0.3, 0.4) is 0 Å². The first-order valence-corrected chi connectivity index (χ1v) is 8.11. The minimum absolute atomic E-state index is 0.0667. The first kappa shape index (κ1) is 16.5. The topological polar surface area (TPSA) is 40.5 Å². The lowest BCUT2D eigenvalue weighted by Gasteiger charge is -2.25. The number of aliphatic hydroxyl groups is 1. The van der Waals surface area contributed by atoms with Gasteiger partial charge >= 0.3 is 0 Å². The SMILES string of the molecule is CCCCCCCCCC(=O)N1CCC(C)C1CO. The molecule has 3 heteroatoms. The molecule has 1 saturated heterocycles. The van der Waals surface area contributed by atoms with Crippen LogP contribution in [0, 0.1) is 5.92 Å². The van der Waals surface area contributed by atoms with Crippen LogP contribution < -0.4 is 0 Å². The molecule has 2 atom stereocenters. The second kappa shape index (κ2) is 9.35. The molecule has 0 saturated carbocycles. The van der Waals surface area contributed by atoms with Crippen molar-refractivity contribution >= 4 is 5.91 Å². The van der Waals surface area contributed by atoms with Crippen molar-refractivity contribution in [1.82, 2.24) is 4.90 Å². The molecule has 0 radical (unpaired) electrons. The van der Waals surface area contributed by atoms with Gasteiger partial charge in [0.1, 0.15) is 0 Å². The number of carbonyl (C=O) groups is 1. The van der Waals surface area contributed by atoms with Gasteiger partial charge in [0.2, 0.25) is 5.91 Å². The molecule has 1 rings (SSSR count). The first-order valence-electron chi connectivity index (χ1n) is 8.11. The number of nitrogens with zero attached hydrogens (tertiary/aromatic N) is 1. The smallest absolute Gasteiger partial charge is 0.222 e. The van der Waals surface area contributed by atoms with Gasteiger partial charge in [0.25, 0.3) is 0 Å². The molecular formula is C16H31NO2. The molecule has 1 aliphatic rings. The van der Waals surface area contributed by atoms with E-state index in [1.807, 2.05) is 4.90 Å². The van der Waals surface area contributed by atoms with E-state index in [4.69, 9.17) is 0 Å². The molecule has 1 fully saturated rings. The highest BCUT2D eigenvalue weighted by Gasteiger charge is 2.33. The van der Waals surface area contributed by atoms with Crippen LogP contribution >= 0.6 is 0 Å². The molecule has 0 spiro atoms. The van der Waals surface area contributed by atoms with Crippen LogP contribution in [-0.2, 0) is 4.79 Å². The Bertz CT molecular complexity index is 255. The van der Waals surface area contributed by atoms with E-state index >= 15 is 0 Å². The number of unbranched alkanes of at least 4 members (excludes halogenated alkanes) is 6. The molecule has 19 heavy (non-hydrogen) atoms. The third-order valence-electron chi connectivity index (χ3n) is 4.38. The van der Waals surface area contributed by atoms with Crippen LogP contribution in [0.2, 0.25) is 0 Å². The van der Waals surface area contributed by atoms with E-state index in [9.17, 15) is 9.90 Å². The zero-order valence-electron chi connectivity index (χ0n) is 12.7. The number of hydrogen-bond acceptors (Lipinski definition) is 2. The first-order chi connectivity index (χ1) is 9.20. The normalized spacial score (nSPS) is 23.0. The van der Waals surface area contributed by atoms with Gasteiger partial charge in [-0.3, -0.25) is 4.79 Å². The van der Waals surface area contributed by atoms with Crippen molar-refractivity contribution in [2.24, 2.45) is 5.92 Å². The van der Waals surface area contributed by atoms with E-state index in [-0.39, 0.29) is 18.6 Å². The summed E-state index contributed by atoms with van der Waals surface area (Å²) in [6, 6.07) is 0.0667. The molecule has 0 bridgehead atoms. The minimum Gasteiger partial charge on any atom is -0.394 e. The zero-order chi connectivity index (χ0) is 14.1. The third-order valence-corrected chi connectivity index (χ3v) is 4.38. The number of amides is 1. The van der Waals surface area contributed by atoms with E-state index in [1.54, 1.807) is 0 Å². The van der Waals surface area contributed by atoms with Crippen molar-refractivity contribution in [3.05, 3.63) is 0 Å². The molecule has 0 aliphatic carbocycles. The Morgan fingerprint density at radius 1 is 1.16 bits per heavy atom. The number of likely N-dealkylation sites (tertiary alicyclic amines) is 1. The summed E-state index contributed by atoms with van der Waals surface area (Å²) in [4.78, 5) is 14.0. The maximum Gasteiger partial charge on any atom is 0.222 e. The van der Waals surface area contributed by atoms with Crippen molar-refractivity contribution < 1.29 is 9.90 Å². The Hall–Kier alpha value is -0.570. The van der Waals surface area contributed by atoms with E-state index in [2.05, 4.69) is 13.8 Å². The largest absolute Gasteiger partial charge is 0.394 e. The maximum atomic E-state index is 12.1. The quantitative estimate of drug-likeness (QED) is 0.652. The zero-order valence-corrected chi connectivity index (χ0v) is 12.7. The van der Waals surface area contributed by atoms with Crippen LogP contribution in [0.5, 0.6) is 0 Å². The lowest BCUT2D eigenvalue weighted by Crippen LogP contribution is -2.39. The molecule has 0 aromatic rings. The fourth-order valence-corrected chi connectivity index (χ4v) is 2.97. The van der Waals surface area contributed by atoms with Crippen molar-refractivity contribution in [2.75, 3.05) is 13.2 Å². The van der Waals surface area contributed by atoms with Gasteiger partial charge in [-0.2, -0.15) is 0 Å². The Morgan fingerprint density at radius 2 is 1.79 bits per heavy atom. The monoisotopic (exact) mass is 269 g/mol. The molecule has 3 nitrogen and oxygen atoms in total. The van der Waals surface area contributed by atoms with Crippen molar-refractivity contribution in [2.45, 2.75) is 77.7 Å². The standard InChI is InChI=1S/C16H31NO2/c1-3-4-5-6-7-8-9-10-16(19)17-12-11-14(2)15(17)13-18/h14-15,18H,3-13H2,1-2H3. The lowest BCUT2D eigenvalue weighted by molar-refractivity contribution is -0.133. The summed E-state index contributed by atoms with van der Waals surface area (Å²) in [5.41, 5.74) is 0. The van der Waals surface area contributed by atoms with Crippen molar-refractivity contribution in [3.63, 3.8) is 0 Å². The fourth-order valence-electron chi connectivity index (χ4n) is 2.97. The number of aliphatic hydroxyl groups excluding tert-OH is 1. The second-order valence-corrected chi connectivity index (χ2v) is 5.97. The average molecular weight is 269 g/mol. The molecule has 2 unspecified atom stereocenters. The molecule has 0 aromatic carbocycles.